The molecule has 0 aliphatic carbocycles. The first-order chi connectivity index (χ1) is 10.2. The number of likely N-dealkylation sites (N-methyl/N-ethyl adjacent to an activating group) is 1. The molecule has 1 aromatic carbocycles. The minimum absolute atomic E-state index is 0.112. The van der Waals surface area contributed by atoms with Gasteiger partial charge in [-0.2, -0.15) is 0 Å². The second-order valence-corrected chi connectivity index (χ2v) is 5.09. The molecule has 1 aliphatic rings. The summed E-state index contributed by atoms with van der Waals surface area (Å²) < 4.78 is 10.6. The van der Waals surface area contributed by atoms with Crippen LogP contribution in [0.15, 0.2) is 24.3 Å². The van der Waals surface area contributed by atoms with Crippen molar-refractivity contribution in [2.75, 3.05) is 32.8 Å². The fraction of sp³-hybridized carbons (Fsp3) is 0.562. The molecule has 5 heteroatoms. The van der Waals surface area contributed by atoms with Crippen molar-refractivity contribution >= 4 is 6.09 Å². The quantitative estimate of drug-likeness (QED) is 0.800. The lowest BCUT2D eigenvalue weighted by Crippen LogP contribution is -2.35. The summed E-state index contributed by atoms with van der Waals surface area (Å²) in [6.45, 7) is 7.51. The average Bonchev–Trinajstić information content (AvgIpc) is 2.90. The van der Waals surface area contributed by atoms with Crippen LogP contribution >= 0.6 is 0 Å². The van der Waals surface area contributed by atoms with Gasteiger partial charge in [-0.1, -0.05) is 26.0 Å². The number of nitrogens with zero attached hydrogens (tertiary/aromatic N) is 1. The largest absolute Gasteiger partial charge is 0.494 e. The van der Waals surface area contributed by atoms with E-state index in [4.69, 9.17) is 9.47 Å². The predicted molar refractivity (Wildman–Crippen MR) is 81.6 cm³/mol. The smallest absolute Gasteiger partial charge is 0.410 e. The van der Waals surface area contributed by atoms with E-state index in [0.717, 1.165) is 30.9 Å². The average molecular weight is 292 g/mol. The van der Waals surface area contributed by atoms with E-state index in [-0.39, 0.29) is 12.1 Å². The predicted octanol–water partition coefficient (Wildman–Crippen LogP) is 2.58. The van der Waals surface area contributed by atoms with Crippen LogP contribution in [0.2, 0.25) is 0 Å². The van der Waals surface area contributed by atoms with E-state index in [2.05, 4.69) is 31.3 Å². The number of ether oxygens (including phenoxy) is 2. The van der Waals surface area contributed by atoms with E-state index in [1.54, 1.807) is 4.90 Å². The first-order valence-electron chi connectivity index (χ1n) is 7.62. The van der Waals surface area contributed by atoms with E-state index in [1.807, 2.05) is 12.1 Å². The number of carbonyl (C=O) groups excluding carboxylic acids is 1. The van der Waals surface area contributed by atoms with Crippen molar-refractivity contribution in [2.45, 2.75) is 26.3 Å². The van der Waals surface area contributed by atoms with E-state index in [9.17, 15) is 4.79 Å². The summed E-state index contributed by atoms with van der Waals surface area (Å²) in [7, 11) is 0. The molecule has 1 heterocycles. The number of hydrogen-bond donors (Lipinski definition) is 1. The fourth-order valence-corrected chi connectivity index (χ4v) is 2.36. The molecule has 5 nitrogen and oxygen atoms in total. The third-order valence-corrected chi connectivity index (χ3v) is 3.45. The van der Waals surface area contributed by atoms with Gasteiger partial charge in [-0.3, -0.25) is 0 Å². The standard InChI is InChI=1S/C16H24N2O3/c1-3-10-20-14-7-5-13(6-8-14)15(17-4-2)12-18-9-11-21-16(18)19/h5-8,15,17H,3-4,9-12H2,1-2H3. The normalized spacial score (nSPS) is 15.9. The molecule has 2 rings (SSSR count). The zero-order valence-corrected chi connectivity index (χ0v) is 12.8. The number of benzene rings is 1. The summed E-state index contributed by atoms with van der Waals surface area (Å²) in [5.74, 6) is 0.886. The Labute approximate surface area is 126 Å². The maximum absolute atomic E-state index is 11.6. The zero-order valence-electron chi connectivity index (χ0n) is 12.8. The number of carbonyl (C=O) groups is 1. The molecule has 1 unspecified atom stereocenters. The van der Waals surface area contributed by atoms with Crippen LogP contribution in [0.5, 0.6) is 5.75 Å². The Kier molecular flexibility index (Phi) is 5.87. The second-order valence-electron chi connectivity index (χ2n) is 5.09. The van der Waals surface area contributed by atoms with Crippen LogP contribution in [0.4, 0.5) is 4.79 Å². The number of hydrogen-bond acceptors (Lipinski definition) is 4. The Morgan fingerprint density at radius 2 is 2.10 bits per heavy atom. The summed E-state index contributed by atoms with van der Waals surface area (Å²) in [5.41, 5.74) is 1.15. The summed E-state index contributed by atoms with van der Waals surface area (Å²) in [6.07, 6.45) is 0.777. The molecule has 1 fully saturated rings. The third-order valence-electron chi connectivity index (χ3n) is 3.45. The van der Waals surface area contributed by atoms with Gasteiger partial charge in [0.05, 0.1) is 19.2 Å². The topological polar surface area (TPSA) is 50.8 Å². The molecule has 1 aromatic rings. The van der Waals surface area contributed by atoms with Gasteiger partial charge in [-0.15, -0.1) is 0 Å². The van der Waals surface area contributed by atoms with Gasteiger partial charge in [-0.05, 0) is 30.7 Å². The van der Waals surface area contributed by atoms with Gasteiger partial charge >= 0.3 is 6.09 Å². The molecule has 0 spiro atoms. The molecule has 1 amide bonds. The van der Waals surface area contributed by atoms with Crippen LogP contribution in [0.25, 0.3) is 0 Å². The highest BCUT2D eigenvalue weighted by Crippen LogP contribution is 2.20. The maximum atomic E-state index is 11.6. The molecular weight excluding hydrogens is 268 g/mol. The maximum Gasteiger partial charge on any atom is 0.410 e. The van der Waals surface area contributed by atoms with E-state index in [0.29, 0.717) is 19.7 Å². The molecule has 0 radical (unpaired) electrons. The first kappa shape index (κ1) is 15.6. The highest BCUT2D eigenvalue weighted by molar-refractivity contribution is 5.69. The molecular formula is C16H24N2O3. The Morgan fingerprint density at radius 3 is 2.67 bits per heavy atom. The SMILES string of the molecule is CCCOc1ccc(C(CN2CCOC2=O)NCC)cc1. The minimum Gasteiger partial charge on any atom is -0.494 e. The van der Waals surface area contributed by atoms with Crippen LogP contribution in [0.3, 0.4) is 0 Å². The molecule has 0 bridgehead atoms. The van der Waals surface area contributed by atoms with Crippen LogP contribution in [0.1, 0.15) is 31.9 Å². The monoisotopic (exact) mass is 292 g/mol. The molecule has 0 saturated carbocycles. The third kappa shape index (κ3) is 4.36. The molecule has 116 valence electrons. The Hall–Kier alpha value is -1.75. The van der Waals surface area contributed by atoms with E-state index in [1.165, 1.54) is 0 Å². The number of cyclic esters (lactones) is 1. The summed E-state index contributed by atoms with van der Waals surface area (Å²) in [5, 5.41) is 3.42. The van der Waals surface area contributed by atoms with Crippen molar-refractivity contribution in [1.82, 2.24) is 10.2 Å². The Bertz CT molecular complexity index is 447. The van der Waals surface area contributed by atoms with Gasteiger partial charge in [0.2, 0.25) is 0 Å². The van der Waals surface area contributed by atoms with Gasteiger partial charge in [-0.25, -0.2) is 4.79 Å². The summed E-state index contributed by atoms with van der Waals surface area (Å²) in [6, 6.07) is 8.19. The van der Waals surface area contributed by atoms with Crippen molar-refractivity contribution in [3.63, 3.8) is 0 Å². The number of nitrogens with one attached hydrogen (secondary N) is 1. The second kappa shape index (κ2) is 7.88. The van der Waals surface area contributed by atoms with Crippen LogP contribution in [-0.2, 0) is 4.74 Å². The van der Waals surface area contributed by atoms with Gasteiger partial charge in [0.1, 0.15) is 12.4 Å². The molecule has 1 saturated heterocycles. The number of amides is 1. The first-order valence-corrected chi connectivity index (χ1v) is 7.62. The van der Waals surface area contributed by atoms with Crippen LogP contribution < -0.4 is 10.1 Å². The lowest BCUT2D eigenvalue weighted by atomic mass is 10.1. The summed E-state index contributed by atoms with van der Waals surface area (Å²) >= 11 is 0. The highest BCUT2D eigenvalue weighted by atomic mass is 16.6. The van der Waals surface area contributed by atoms with Crippen molar-refractivity contribution in [1.29, 1.82) is 0 Å². The summed E-state index contributed by atoms with van der Waals surface area (Å²) in [4.78, 5) is 13.3. The van der Waals surface area contributed by atoms with Gasteiger partial charge in [0.15, 0.2) is 0 Å². The lowest BCUT2D eigenvalue weighted by Gasteiger charge is -2.23. The van der Waals surface area contributed by atoms with E-state index < -0.39 is 0 Å². The fourth-order valence-electron chi connectivity index (χ4n) is 2.36. The molecule has 1 aliphatic heterocycles. The molecule has 1 atom stereocenters. The van der Waals surface area contributed by atoms with Gasteiger partial charge in [0, 0.05) is 6.54 Å². The van der Waals surface area contributed by atoms with Gasteiger partial charge in [0.25, 0.3) is 0 Å². The van der Waals surface area contributed by atoms with Crippen molar-refractivity contribution in [3.8, 4) is 5.75 Å². The van der Waals surface area contributed by atoms with Crippen LogP contribution in [-0.4, -0.2) is 43.8 Å². The number of rotatable bonds is 8. The molecule has 21 heavy (non-hydrogen) atoms. The highest BCUT2D eigenvalue weighted by Gasteiger charge is 2.25. The van der Waals surface area contributed by atoms with Crippen molar-refractivity contribution in [3.05, 3.63) is 29.8 Å². The molecule has 0 aromatic heterocycles. The van der Waals surface area contributed by atoms with Crippen molar-refractivity contribution < 1.29 is 14.3 Å². The Morgan fingerprint density at radius 1 is 1.33 bits per heavy atom. The lowest BCUT2D eigenvalue weighted by molar-refractivity contribution is 0.156. The molecule has 1 N–H and O–H groups in total. The van der Waals surface area contributed by atoms with Gasteiger partial charge < -0.3 is 19.7 Å². The van der Waals surface area contributed by atoms with Crippen molar-refractivity contribution in [2.24, 2.45) is 0 Å². The Balaban J connectivity index is 2.01. The van der Waals surface area contributed by atoms with Crippen LogP contribution in [0, 0.1) is 0 Å². The van der Waals surface area contributed by atoms with E-state index >= 15 is 0 Å². The minimum atomic E-state index is -0.221. The zero-order chi connectivity index (χ0) is 15.1.